The van der Waals surface area contributed by atoms with E-state index in [0.29, 0.717) is 0 Å². The summed E-state index contributed by atoms with van der Waals surface area (Å²) in [5, 5.41) is 0. The molecular weight excluding hydrogens is 627 g/mol. The highest BCUT2D eigenvalue weighted by molar-refractivity contribution is 5.89. The minimum Gasteiger partial charge on any atom is -0.247 e. The zero-order valence-corrected chi connectivity index (χ0v) is 29.8. The van der Waals surface area contributed by atoms with Crippen LogP contribution in [-0.4, -0.2) is 4.98 Å². The first-order valence-electron chi connectivity index (χ1n) is 18.1. The third kappa shape index (κ3) is 5.47. The van der Waals surface area contributed by atoms with Crippen molar-refractivity contribution in [3.05, 3.63) is 199 Å². The van der Waals surface area contributed by atoms with Gasteiger partial charge in [0.2, 0.25) is 0 Å². The Labute approximate surface area is 307 Å². The molecule has 1 heteroatoms. The quantitative estimate of drug-likeness (QED) is 0.172. The summed E-state index contributed by atoms with van der Waals surface area (Å²) in [6.45, 7) is 6.91. The zero-order chi connectivity index (χ0) is 35.2. The highest BCUT2D eigenvalue weighted by Gasteiger charge is 2.37. The van der Waals surface area contributed by atoms with Crippen molar-refractivity contribution < 1.29 is 0 Å². The molecule has 0 atom stereocenters. The van der Waals surface area contributed by atoms with Gasteiger partial charge in [-0.3, -0.25) is 0 Å². The van der Waals surface area contributed by atoms with Gasteiger partial charge in [-0.15, -0.1) is 0 Å². The molecule has 0 saturated carbocycles. The molecule has 8 aromatic rings. The van der Waals surface area contributed by atoms with Crippen LogP contribution in [-0.2, 0) is 5.41 Å². The lowest BCUT2D eigenvalue weighted by atomic mass is 9.79. The number of rotatable bonds is 6. The van der Waals surface area contributed by atoms with Gasteiger partial charge in [0.15, 0.2) is 0 Å². The van der Waals surface area contributed by atoms with Crippen LogP contribution in [0.2, 0.25) is 0 Å². The molecule has 0 spiro atoms. The molecule has 0 radical (unpaired) electrons. The lowest BCUT2D eigenvalue weighted by molar-refractivity contribution is 0.662. The molecule has 0 unspecified atom stereocenters. The Bertz CT molecular complexity index is 2540. The van der Waals surface area contributed by atoms with Crippen LogP contribution in [0.15, 0.2) is 182 Å². The van der Waals surface area contributed by atoms with E-state index in [1.807, 2.05) is 0 Å². The molecule has 1 nitrogen and oxygen atoms in total. The van der Waals surface area contributed by atoms with Crippen molar-refractivity contribution >= 4 is 0 Å². The van der Waals surface area contributed by atoms with Crippen LogP contribution < -0.4 is 0 Å². The fourth-order valence-corrected chi connectivity index (χ4v) is 8.17. The van der Waals surface area contributed by atoms with Gasteiger partial charge in [-0.1, -0.05) is 190 Å². The zero-order valence-electron chi connectivity index (χ0n) is 29.8. The fourth-order valence-electron chi connectivity index (χ4n) is 8.17. The van der Waals surface area contributed by atoms with Crippen molar-refractivity contribution in [1.82, 2.24) is 4.98 Å². The van der Waals surface area contributed by atoms with Crippen LogP contribution in [0.3, 0.4) is 0 Å². The molecular formula is C51H39N. The molecule has 0 bridgehead atoms. The summed E-state index contributed by atoms with van der Waals surface area (Å²) in [6, 6.07) is 65.8. The summed E-state index contributed by atoms with van der Waals surface area (Å²) in [5.74, 6) is 0. The van der Waals surface area contributed by atoms with Crippen LogP contribution in [0.25, 0.3) is 78.1 Å². The summed E-state index contributed by atoms with van der Waals surface area (Å²) in [7, 11) is 0. The smallest absolute Gasteiger partial charge is 0.0744 e. The summed E-state index contributed by atoms with van der Waals surface area (Å²) < 4.78 is 0. The summed E-state index contributed by atoms with van der Waals surface area (Å²) >= 11 is 0. The summed E-state index contributed by atoms with van der Waals surface area (Å²) in [5.41, 5.74) is 20.6. The topological polar surface area (TPSA) is 12.9 Å². The standard InChI is InChI=1S/C51H39N/c1-34-46(33-48(41-15-8-5-9-16-41)52-50(34)42-31-25-36(26-32-42)35-13-6-4-7-14-35)40-29-23-38(24-30-40)37-21-27-39(28-22-37)43-18-12-19-45-44-17-10-11-20-47(44)51(2,3)49(43)45/h4-33H,1-3H3. The normalized spacial score (nSPS) is 12.7. The van der Waals surface area contributed by atoms with E-state index in [1.54, 1.807) is 0 Å². The predicted molar refractivity (Wildman–Crippen MR) is 219 cm³/mol. The third-order valence-electron chi connectivity index (χ3n) is 10.9. The molecule has 0 N–H and O–H groups in total. The van der Waals surface area contributed by atoms with Crippen molar-refractivity contribution in [2.75, 3.05) is 0 Å². The average Bonchev–Trinajstić information content (AvgIpc) is 3.45. The summed E-state index contributed by atoms with van der Waals surface area (Å²) in [4.78, 5) is 5.24. The van der Waals surface area contributed by atoms with Crippen LogP contribution in [0.4, 0.5) is 0 Å². The molecule has 0 saturated heterocycles. The molecule has 0 aliphatic heterocycles. The highest BCUT2D eigenvalue weighted by atomic mass is 14.7. The van der Waals surface area contributed by atoms with Gasteiger partial charge >= 0.3 is 0 Å². The number of benzene rings is 7. The van der Waals surface area contributed by atoms with Gasteiger partial charge in [0.25, 0.3) is 0 Å². The van der Waals surface area contributed by atoms with Gasteiger partial charge in [-0.05, 0) is 85.3 Å². The second kappa shape index (κ2) is 12.8. The highest BCUT2D eigenvalue weighted by Crippen LogP contribution is 2.52. The van der Waals surface area contributed by atoms with Crippen molar-refractivity contribution in [3.8, 4) is 78.1 Å². The summed E-state index contributed by atoms with van der Waals surface area (Å²) in [6.07, 6.45) is 0. The van der Waals surface area contributed by atoms with Crippen molar-refractivity contribution in [2.45, 2.75) is 26.2 Å². The number of hydrogen-bond acceptors (Lipinski definition) is 1. The number of nitrogens with zero attached hydrogens (tertiary/aromatic N) is 1. The molecule has 1 aliphatic rings. The maximum absolute atomic E-state index is 5.24. The minimum absolute atomic E-state index is 0.0477. The molecule has 7 aromatic carbocycles. The van der Waals surface area contributed by atoms with Gasteiger partial charge in [0, 0.05) is 16.5 Å². The van der Waals surface area contributed by atoms with E-state index < -0.39 is 0 Å². The first-order chi connectivity index (χ1) is 25.5. The Balaban J connectivity index is 1.05. The van der Waals surface area contributed by atoms with Gasteiger partial charge in [-0.25, -0.2) is 4.98 Å². The van der Waals surface area contributed by atoms with Crippen molar-refractivity contribution in [3.63, 3.8) is 0 Å². The Hall–Kier alpha value is -6.31. The predicted octanol–water partition coefficient (Wildman–Crippen LogP) is 13.7. The van der Waals surface area contributed by atoms with Gasteiger partial charge < -0.3 is 0 Å². The first kappa shape index (κ1) is 31.7. The number of fused-ring (bicyclic) bond motifs is 3. The van der Waals surface area contributed by atoms with E-state index >= 15 is 0 Å². The molecule has 0 amide bonds. The third-order valence-corrected chi connectivity index (χ3v) is 10.9. The monoisotopic (exact) mass is 665 g/mol. The van der Waals surface area contributed by atoms with Crippen LogP contribution >= 0.6 is 0 Å². The van der Waals surface area contributed by atoms with E-state index in [0.717, 1.165) is 22.5 Å². The fraction of sp³-hybridized carbons (Fsp3) is 0.0784. The molecule has 52 heavy (non-hydrogen) atoms. The Morgan fingerprint density at radius 1 is 0.365 bits per heavy atom. The SMILES string of the molecule is Cc1c(-c2ccc(-c3ccc(-c4cccc5c4C(C)(C)c4ccccc4-5)cc3)cc2)cc(-c2ccccc2)nc1-c1ccc(-c2ccccc2)cc1. The number of hydrogen-bond donors (Lipinski definition) is 0. The lowest BCUT2D eigenvalue weighted by Crippen LogP contribution is -2.16. The largest absolute Gasteiger partial charge is 0.247 e. The lowest BCUT2D eigenvalue weighted by Gasteiger charge is -2.24. The van der Waals surface area contributed by atoms with E-state index in [2.05, 4.69) is 203 Å². The molecule has 1 aliphatic carbocycles. The van der Waals surface area contributed by atoms with Gasteiger partial charge in [-0.2, -0.15) is 0 Å². The molecule has 248 valence electrons. The van der Waals surface area contributed by atoms with Crippen LogP contribution in [0.1, 0.15) is 30.5 Å². The van der Waals surface area contributed by atoms with Gasteiger partial charge in [0.1, 0.15) is 0 Å². The second-order valence-electron chi connectivity index (χ2n) is 14.4. The Kier molecular flexibility index (Phi) is 7.78. The maximum atomic E-state index is 5.24. The van der Waals surface area contributed by atoms with E-state index in [9.17, 15) is 0 Å². The maximum Gasteiger partial charge on any atom is 0.0744 e. The van der Waals surface area contributed by atoms with Crippen molar-refractivity contribution in [1.29, 1.82) is 0 Å². The van der Waals surface area contributed by atoms with E-state index in [4.69, 9.17) is 4.98 Å². The number of aromatic nitrogens is 1. The Morgan fingerprint density at radius 3 is 1.42 bits per heavy atom. The molecule has 1 heterocycles. The first-order valence-corrected chi connectivity index (χ1v) is 18.1. The van der Waals surface area contributed by atoms with Gasteiger partial charge in [0.05, 0.1) is 11.4 Å². The Morgan fingerprint density at radius 2 is 0.808 bits per heavy atom. The van der Waals surface area contributed by atoms with Crippen LogP contribution in [0, 0.1) is 6.92 Å². The second-order valence-corrected chi connectivity index (χ2v) is 14.4. The van der Waals surface area contributed by atoms with E-state index in [-0.39, 0.29) is 5.41 Å². The average molecular weight is 666 g/mol. The molecule has 9 rings (SSSR count). The van der Waals surface area contributed by atoms with Crippen molar-refractivity contribution in [2.24, 2.45) is 0 Å². The molecule has 1 aromatic heterocycles. The number of pyridine rings is 1. The van der Waals surface area contributed by atoms with E-state index in [1.165, 1.54) is 72.3 Å². The minimum atomic E-state index is -0.0477. The molecule has 0 fully saturated rings. The van der Waals surface area contributed by atoms with Crippen LogP contribution in [0.5, 0.6) is 0 Å².